The summed E-state index contributed by atoms with van der Waals surface area (Å²) in [6.45, 7) is 3.95. The Kier molecular flexibility index (Phi) is 4.51. The van der Waals surface area contributed by atoms with Gasteiger partial charge in [-0.2, -0.15) is 4.31 Å². The van der Waals surface area contributed by atoms with Gasteiger partial charge in [-0.3, -0.25) is 4.79 Å². The minimum absolute atomic E-state index is 0.0671. The molecule has 7 heteroatoms. The molecule has 23 heavy (non-hydrogen) atoms. The lowest BCUT2D eigenvalue weighted by Gasteiger charge is -2.33. The topological polar surface area (TPSA) is 62.6 Å². The molecule has 2 saturated heterocycles. The number of hydrogen-bond donors (Lipinski definition) is 0. The number of hydrogen-bond acceptors (Lipinski definition) is 3. The fourth-order valence-electron chi connectivity index (χ4n) is 3.51. The second-order valence-corrected chi connectivity index (χ2v) is 8.56. The Morgan fingerprint density at radius 2 is 1.78 bits per heavy atom. The van der Waals surface area contributed by atoms with Gasteiger partial charge in [0.15, 0.2) is 0 Å². The molecule has 1 aromatic rings. The second kappa shape index (κ2) is 6.28. The van der Waals surface area contributed by atoms with E-state index in [1.54, 1.807) is 17.8 Å². The molecule has 2 aliphatic heterocycles. The number of likely N-dealkylation sites (tertiary alicyclic amines) is 1. The summed E-state index contributed by atoms with van der Waals surface area (Å²) in [5.41, 5.74) is 0.455. The summed E-state index contributed by atoms with van der Waals surface area (Å²) in [7, 11) is -1.74. The van der Waals surface area contributed by atoms with Crippen LogP contribution in [0, 0.1) is 0 Å². The van der Waals surface area contributed by atoms with Gasteiger partial charge in [-0.15, -0.1) is 0 Å². The third-order valence-corrected chi connectivity index (χ3v) is 6.83. The van der Waals surface area contributed by atoms with Gasteiger partial charge in [0.1, 0.15) is 10.6 Å². The van der Waals surface area contributed by atoms with E-state index in [9.17, 15) is 13.2 Å². The number of carbonyl (C=O) groups is 1. The van der Waals surface area contributed by atoms with Crippen molar-refractivity contribution in [2.75, 3.05) is 19.6 Å². The molecule has 1 atom stereocenters. The molecular formula is C16H25N3O3S. The molecule has 0 aliphatic carbocycles. The van der Waals surface area contributed by atoms with E-state index >= 15 is 0 Å². The number of aromatic nitrogens is 1. The summed E-state index contributed by atoms with van der Waals surface area (Å²) < 4.78 is 28.5. The fraction of sp³-hybridized carbons (Fsp3) is 0.688. The lowest BCUT2D eigenvalue weighted by Crippen LogP contribution is -2.42. The normalized spacial score (nSPS) is 23.4. The van der Waals surface area contributed by atoms with Crippen molar-refractivity contribution in [2.24, 2.45) is 7.05 Å². The molecule has 1 amide bonds. The van der Waals surface area contributed by atoms with Gasteiger partial charge in [0.25, 0.3) is 5.91 Å². The van der Waals surface area contributed by atoms with Crippen LogP contribution in [0.3, 0.4) is 0 Å². The summed E-state index contributed by atoms with van der Waals surface area (Å²) in [6.07, 6.45) is 6.54. The number of sulfonamides is 1. The zero-order valence-corrected chi connectivity index (χ0v) is 14.7. The lowest BCUT2D eigenvalue weighted by atomic mass is 10.0. The van der Waals surface area contributed by atoms with Gasteiger partial charge in [-0.1, -0.05) is 0 Å². The van der Waals surface area contributed by atoms with E-state index in [-0.39, 0.29) is 16.8 Å². The van der Waals surface area contributed by atoms with Crippen LogP contribution < -0.4 is 0 Å². The highest BCUT2D eigenvalue weighted by atomic mass is 32.2. The summed E-state index contributed by atoms with van der Waals surface area (Å²) in [6, 6.07) is 1.75. The average molecular weight is 339 g/mol. The van der Waals surface area contributed by atoms with Gasteiger partial charge in [0.05, 0.1) is 0 Å². The Bertz CT molecular complexity index is 689. The summed E-state index contributed by atoms with van der Waals surface area (Å²) >= 11 is 0. The molecule has 0 aromatic carbocycles. The Balaban J connectivity index is 1.87. The lowest BCUT2D eigenvalue weighted by molar-refractivity contribution is 0.0625. The van der Waals surface area contributed by atoms with E-state index in [0.717, 1.165) is 38.6 Å². The fourth-order valence-corrected chi connectivity index (χ4v) is 5.10. The molecule has 2 aliphatic rings. The molecule has 2 fully saturated rings. The van der Waals surface area contributed by atoms with Crippen LogP contribution >= 0.6 is 0 Å². The first-order valence-corrected chi connectivity index (χ1v) is 9.83. The smallest absolute Gasteiger partial charge is 0.270 e. The van der Waals surface area contributed by atoms with E-state index in [2.05, 4.69) is 6.92 Å². The zero-order chi connectivity index (χ0) is 16.6. The minimum atomic E-state index is -3.48. The highest BCUT2D eigenvalue weighted by molar-refractivity contribution is 7.89. The molecule has 3 heterocycles. The number of nitrogens with zero attached hydrogens (tertiary/aromatic N) is 3. The van der Waals surface area contributed by atoms with Crippen LogP contribution in [0.25, 0.3) is 0 Å². The SMILES string of the molecule is C[C@@H]1CCCCN1C(=O)c1cc(S(=O)(=O)N2CCCC2)cn1C. The van der Waals surface area contributed by atoms with Crippen molar-refractivity contribution in [1.29, 1.82) is 0 Å². The molecule has 3 rings (SSSR count). The maximum Gasteiger partial charge on any atom is 0.270 e. The molecule has 0 unspecified atom stereocenters. The van der Waals surface area contributed by atoms with Crippen molar-refractivity contribution in [3.8, 4) is 0 Å². The highest BCUT2D eigenvalue weighted by Crippen LogP contribution is 2.25. The second-order valence-electron chi connectivity index (χ2n) is 6.63. The maximum absolute atomic E-state index is 12.8. The monoisotopic (exact) mass is 339 g/mol. The van der Waals surface area contributed by atoms with Crippen LogP contribution in [0.15, 0.2) is 17.2 Å². The Labute approximate surface area is 138 Å². The van der Waals surface area contributed by atoms with Crippen molar-refractivity contribution in [2.45, 2.75) is 50.0 Å². The van der Waals surface area contributed by atoms with Gasteiger partial charge in [0, 0.05) is 38.9 Å². The van der Waals surface area contributed by atoms with E-state index < -0.39 is 10.0 Å². The van der Waals surface area contributed by atoms with Crippen molar-refractivity contribution in [1.82, 2.24) is 13.8 Å². The van der Waals surface area contributed by atoms with Crippen molar-refractivity contribution >= 4 is 15.9 Å². The third kappa shape index (κ3) is 3.04. The van der Waals surface area contributed by atoms with Crippen LogP contribution in [-0.4, -0.2) is 53.8 Å². The molecule has 0 spiro atoms. The van der Waals surface area contributed by atoms with Crippen molar-refractivity contribution < 1.29 is 13.2 Å². The third-order valence-electron chi connectivity index (χ3n) is 4.97. The predicted molar refractivity (Wildman–Crippen MR) is 87.8 cm³/mol. The molecule has 0 radical (unpaired) electrons. The van der Waals surface area contributed by atoms with Crippen molar-refractivity contribution in [3.05, 3.63) is 18.0 Å². The Morgan fingerprint density at radius 3 is 2.43 bits per heavy atom. The predicted octanol–water partition coefficient (Wildman–Crippen LogP) is 1.82. The van der Waals surface area contributed by atoms with Crippen LogP contribution in [-0.2, 0) is 17.1 Å². The van der Waals surface area contributed by atoms with E-state index in [0.29, 0.717) is 18.8 Å². The first-order valence-electron chi connectivity index (χ1n) is 8.39. The van der Waals surface area contributed by atoms with E-state index in [4.69, 9.17) is 0 Å². The van der Waals surface area contributed by atoms with Crippen LogP contribution in [0.4, 0.5) is 0 Å². The van der Waals surface area contributed by atoms with Crippen LogP contribution in [0.1, 0.15) is 49.5 Å². The zero-order valence-electron chi connectivity index (χ0n) is 13.9. The summed E-state index contributed by atoms with van der Waals surface area (Å²) in [5.74, 6) is -0.0671. The molecule has 128 valence electrons. The maximum atomic E-state index is 12.8. The molecule has 0 saturated carbocycles. The van der Waals surface area contributed by atoms with Crippen LogP contribution in [0.2, 0.25) is 0 Å². The Morgan fingerprint density at radius 1 is 1.13 bits per heavy atom. The van der Waals surface area contributed by atoms with Crippen molar-refractivity contribution in [3.63, 3.8) is 0 Å². The number of carbonyl (C=O) groups excluding carboxylic acids is 1. The standard InChI is InChI=1S/C16H25N3O3S/c1-13-7-3-4-10-19(13)16(20)15-11-14(12-17(15)2)23(21,22)18-8-5-6-9-18/h11-13H,3-10H2,1-2H3/t13-/m1/s1. The summed E-state index contributed by atoms with van der Waals surface area (Å²) in [4.78, 5) is 14.9. The first kappa shape index (κ1) is 16.5. The molecular weight excluding hydrogens is 314 g/mol. The number of amides is 1. The quantitative estimate of drug-likeness (QED) is 0.844. The number of rotatable bonds is 3. The molecule has 6 nitrogen and oxygen atoms in total. The van der Waals surface area contributed by atoms with Gasteiger partial charge in [-0.05, 0) is 45.1 Å². The molecule has 1 aromatic heterocycles. The molecule has 0 N–H and O–H groups in total. The average Bonchev–Trinajstić information content (AvgIpc) is 3.17. The van der Waals surface area contributed by atoms with Crippen LogP contribution in [0.5, 0.6) is 0 Å². The number of aryl methyl sites for hydroxylation is 1. The molecule has 0 bridgehead atoms. The van der Waals surface area contributed by atoms with Gasteiger partial charge in [0.2, 0.25) is 10.0 Å². The first-order chi connectivity index (χ1) is 10.9. The number of piperidine rings is 1. The van der Waals surface area contributed by atoms with E-state index in [1.165, 1.54) is 10.4 Å². The largest absolute Gasteiger partial charge is 0.345 e. The Hall–Kier alpha value is -1.34. The summed E-state index contributed by atoms with van der Waals surface area (Å²) in [5, 5.41) is 0. The van der Waals surface area contributed by atoms with Gasteiger partial charge < -0.3 is 9.47 Å². The minimum Gasteiger partial charge on any atom is -0.345 e. The highest BCUT2D eigenvalue weighted by Gasteiger charge is 2.31. The van der Waals surface area contributed by atoms with Gasteiger partial charge >= 0.3 is 0 Å². The van der Waals surface area contributed by atoms with E-state index in [1.807, 2.05) is 4.90 Å². The van der Waals surface area contributed by atoms with Gasteiger partial charge in [-0.25, -0.2) is 8.42 Å².